The second-order valence-electron chi connectivity index (χ2n) is 7.30. The molecular weight excluding hydrogens is 280 g/mol. The van der Waals surface area contributed by atoms with Gasteiger partial charge in [0.2, 0.25) is 5.91 Å². The van der Waals surface area contributed by atoms with E-state index in [1.807, 2.05) is 26.8 Å². The van der Waals surface area contributed by atoms with Crippen LogP contribution < -0.4 is 10.6 Å². The second kappa shape index (κ2) is 7.16. The van der Waals surface area contributed by atoms with E-state index in [1.54, 1.807) is 0 Å². The third-order valence-corrected chi connectivity index (χ3v) is 4.06. The molecule has 2 amide bonds. The van der Waals surface area contributed by atoms with E-state index in [4.69, 9.17) is 4.74 Å². The molecule has 5 nitrogen and oxygen atoms in total. The second-order valence-corrected chi connectivity index (χ2v) is 7.30. The fourth-order valence-electron chi connectivity index (χ4n) is 3.08. The van der Waals surface area contributed by atoms with Gasteiger partial charge < -0.3 is 15.4 Å². The van der Waals surface area contributed by atoms with Gasteiger partial charge >= 0.3 is 6.09 Å². The van der Waals surface area contributed by atoms with Crippen molar-refractivity contribution in [3.05, 3.63) is 11.6 Å². The summed E-state index contributed by atoms with van der Waals surface area (Å²) in [5.74, 6) is 0.0698. The molecule has 0 aromatic rings. The molecule has 0 heterocycles. The van der Waals surface area contributed by atoms with Gasteiger partial charge in [-0.1, -0.05) is 6.08 Å². The molecule has 2 rings (SSSR count). The lowest BCUT2D eigenvalue weighted by Gasteiger charge is -2.31. The number of hydrogen-bond donors (Lipinski definition) is 2. The van der Waals surface area contributed by atoms with Crippen molar-refractivity contribution in [3.8, 4) is 0 Å². The first-order valence-electron chi connectivity index (χ1n) is 8.33. The Morgan fingerprint density at radius 1 is 1.14 bits per heavy atom. The third-order valence-electron chi connectivity index (χ3n) is 4.06. The minimum atomic E-state index is -0.485. The average Bonchev–Trinajstić information content (AvgIpc) is 2.90. The van der Waals surface area contributed by atoms with Crippen molar-refractivity contribution < 1.29 is 14.3 Å². The Kier molecular flexibility index (Phi) is 5.48. The first-order chi connectivity index (χ1) is 10.3. The van der Waals surface area contributed by atoms with Crippen LogP contribution in [-0.4, -0.2) is 29.7 Å². The summed E-state index contributed by atoms with van der Waals surface area (Å²) in [6.45, 7) is 5.56. The van der Waals surface area contributed by atoms with E-state index in [2.05, 4.69) is 10.6 Å². The molecule has 2 atom stereocenters. The van der Waals surface area contributed by atoms with Gasteiger partial charge in [0.15, 0.2) is 0 Å². The molecule has 0 radical (unpaired) electrons. The molecule has 0 aromatic heterocycles. The number of amides is 2. The highest BCUT2D eigenvalue weighted by atomic mass is 16.6. The van der Waals surface area contributed by atoms with E-state index >= 15 is 0 Å². The zero-order valence-electron chi connectivity index (χ0n) is 13.9. The summed E-state index contributed by atoms with van der Waals surface area (Å²) < 4.78 is 5.29. The van der Waals surface area contributed by atoms with Crippen LogP contribution in [0.4, 0.5) is 4.79 Å². The van der Waals surface area contributed by atoms with Crippen molar-refractivity contribution in [1.82, 2.24) is 10.6 Å². The van der Waals surface area contributed by atoms with Gasteiger partial charge in [-0.3, -0.25) is 4.79 Å². The van der Waals surface area contributed by atoms with Crippen LogP contribution in [0.1, 0.15) is 65.7 Å². The average molecular weight is 308 g/mol. The summed E-state index contributed by atoms with van der Waals surface area (Å²) in [7, 11) is 0. The van der Waals surface area contributed by atoms with Gasteiger partial charge in [0.25, 0.3) is 0 Å². The zero-order valence-corrected chi connectivity index (χ0v) is 13.9. The standard InChI is InChI=1S/C17H28N2O3/c1-17(2,3)22-16(21)19-14-10-6-9-13(11-14)18-15(20)12-7-4-5-8-12/h7,13-14H,4-6,8-11H2,1-3H3,(H,18,20)(H,19,21)/t13-,14+/m0/s1. The summed E-state index contributed by atoms with van der Waals surface area (Å²) in [4.78, 5) is 24.0. The van der Waals surface area contributed by atoms with Crippen molar-refractivity contribution in [2.75, 3.05) is 0 Å². The lowest BCUT2D eigenvalue weighted by atomic mass is 9.91. The molecule has 0 unspecified atom stereocenters. The number of carbonyl (C=O) groups is 2. The molecular formula is C17H28N2O3. The molecule has 1 fully saturated rings. The van der Waals surface area contributed by atoms with E-state index in [0.29, 0.717) is 0 Å². The predicted octanol–water partition coefficient (Wildman–Crippen LogP) is 3.05. The van der Waals surface area contributed by atoms with E-state index in [-0.39, 0.29) is 24.1 Å². The molecule has 2 aliphatic carbocycles. The maximum atomic E-state index is 12.1. The maximum absolute atomic E-state index is 12.1. The van der Waals surface area contributed by atoms with Crippen LogP contribution >= 0.6 is 0 Å². The number of hydrogen-bond acceptors (Lipinski definition) is 3. The topological polar surface area (TPSA) is 67.4 Å². The molecule has 1 saturated carbocycles. The molecule has 0 saturated heterocycles. The molecule has 0 spiro atoms. The monoisotopic (exact) mass is 308 g/mol. The highest BCUT2D eigenvalue weighted by molar-refractivity contribution is 5.93. The Labute approximate surface area is 132 Å². The lowest BCUT2D eigenvalue weighted by molar-refractivity contribution is -0.118. The van der Waals surface area contributed by atoms with Gasteiger partial charge in [-0.2, -0.15) is 0 Å². The lowest BCUT2D eigenvalue weighted by Crippen LogP contribution is -2.47. The quantitative estimate of drug-likeness (QED) is 0.842. The molecule has 2 aliphatic rings. The first-order valence-corrected chi connectivity index (χ1v) is 8.33. The van der Waals surface area contributed by atoms with E-state index in [1.165, 1.54) is 0 Å². The maximum Gasteiger partial charge on any atom is 0.407 e. The fraction of sp³-hybridized carbons (Fsp3) is 0.765. The summed E-state index contributed by atoms with van der Waals surface area (Å²) >= 11 is 0. The molecule has 0 bridgehead atoms. The Morgan fingerprint density at radius 2 is 1.82 bits per heavy atom. The largest absolute Gasteiger partial charge is 0.444 e. The van der Waals surface area contributed by atoms with Crippen molar-refractivity contribution in [1.29, 1.82) is 0 Å². The van der Waals surface area contributed by atoms with Crippen molar-refractivity contribution in [2.24, 2.45) is 0 Å². The molecule has 124 valence electrons. The smallest absolute Gasteiger partial charge is 0.407 e. The first kappa shape index (κ1) is 16.8. The Bertz CT molecular complexity index is 451. The molecule has 0 aliphatic heterocycles. The third kappa shape index (κ3) is 5.35. The Morgan fingerprint density at radius 3 is 2.41 bits per heavy atom. The number of nitrogens with one attached hydrogen (secondary N) is 2. The van der Waals surface area contributed by atoms with Crippen molar-refractivity contribution in [2.45, 2.75) is 83.4 Å². The number of carbonyl (C=O) groups excluding carboxylic acids is 2. The minimum Gasteiger partial charge on any atom is -0.444 e. The number of rotatable bonds is 3. The molecule has 22 heavy (non-hydrogen) atoms. The van der Waals surface area contributed by atoms with Crippen LogP contribution in [0.3, 0.4) is 0 Å². The number of ether oxygens (including phenoxy) is 1. The van der Waals surface area contributed by atoms with E-state index in [9.17, 15) is 9.59 Å². The van der Waals surface area contributed by atoms with Crippen LogP contribution in [-0.2, 0) is 9.53 Å². The van der Waals surface area contributed by atoms with Gasteiger partial charge in [-0.15, -0.1) is 0 Å². The van der Waals surface area contributed by atoms with Crippen LogP contribution in [0.15, 0.2) is 11.6 Å². The summed E-state index contributed by atoms with van der Waals surface area (Å²) in [6.07, 6.45) is 8.34. The van der Waals surface area contributed by atoms with Gasteiger partial charge in [0.05, 0.1) is 0 Å². The number of allylic oxidation sites excluding steroid dienone is 1. The zero-order chi connectivity index (χ0) is 16.2. The number of alkyl carbamates (subject to hydrolysis) is 1. The van der Waals surface area contributed by atoms with E-state index < -0.39 is 5.60 Å². The fourth-order valence-corrected chi connectivity index (χ4v) is 3.08. The predicted molar refractivity (Wildman–Crippen MR) is 85.5 cm³/mol. The Hall–Kier alpha value is -1.52. The van der Waals surface area contributed by atoms with Crippen LogP contribution in [0.5, 0.6) is 0 Å². The van der Waals surface area contributed by atoms with Crippen LogP contribution in [0.25, 0.3) is 0 Å². The van der Waals surface area contributed by atoms with Crippen LogP contribution in [0, 0.1) is 0 Å². The van der Waals surface area contributed by atoms with Crippen molar-refractivity contribution in [3.63, 3.8) is 0 Å². The molecule has 2 N–H and O–H groups in total. The van der Waals surface area contributed by atoms with Gasteiger partial charge in [-0.05, 0) is 65.7 Å². The van der Waals surface area contributed by atoms with Gasteiger partial charge in [0, 0.05) is 17.7 Å². The Balaban J connectivity index is 1.79. The summed E-state index contributed by atoms with van der Waals surface area (Å²) in [6, 6.07) is 0.217. The summed E-state index contributed by atoms with van der Waals surface area (Å²) in [5.41, 5.74) is 0.434. The van der Waals surface area contributed by atoms with Crippen molar-refractivity contribution >= 4 is 12.0 Å². The van der Waals surface area contributed by atoms with Crippen LogP contribution in [0.2, 0.25) is 0 Å². The van der Waals surface area contributed by atoms with Gasteiger partial charge in [-0.25, -0.2) is 4.79 Å². The normalized spacial score (nSPS) is 25.3. The molecule has 0 aromatic carbocycles. The van der Waals surface area contributed by atoms with E-state index in [0.717, 1.165) is 50.5 Å². The minimum absolute atomic E-state index is 0.0698. The van der Waals surface area contributed by atoms with Gasteiger partial charge in [0.1, 0.15) is 5.60 Å². The summed E-state index contributed by atoms with van der Waals surface area (Å²) in [5, 5.41) is 6.03. The molecule has 5 heteroatoms. The highest BCUT2D eigenvalue weighted by Gasteiger charge is 2.27. The highest BCUT2D eigenvalue weighted by Crippen LogP contribution is 2.22. The SMILES string of the molecule is CC(C)(C)OC(=O)N[C@@H]1CCC[C@H](NC(=O)C2=CCCC2)C1.